The lowest BCUT2D eigenvalue weighted by atomic mass is 10.3. The molecule has 0 aliphatic heterocycles. The number of rotatable bonds is 2. The second-order valence-corrected chi connectivity index (χ2v) is 1.38. The fourth-order valence-corrected chi connectivity index (χ4v) is 0.359. The Morgan fingerprint density at radius 2 is 2.00 bits per heavy atom. The van der Waals surface area contributed by atoms with Gasteiger partial charge in [-0.25, -0.2) is 4.39 Å². The first-order valence-corrected chi connectivity index (χ1v) is 3.44. The van der Waals surface area contributed by atoms with Crippen LogP contribution in [0, 0.1) is 0 Å². The van der Waals surface area contributed by atoms with E-state index < -0.39 is 6.67 Å². The molecule has 0 rings (SSSR count). The van der Waals surface area contributed by atoms with Gasteiger partial charge in [0.2, 0.25) is 0 Å². The van der Waals surface area contributed by atoms with Crippen molar-refractivity contribution in [3.63, 3.8) is 0 Å². The quantitative estimate of drug-likeness (QED) is 0.593. The van der Waals surface area contributed by atoms with Crippen molar-refractivity contribution < 1.29 is 4.39 Å². The summed E-state index contributed by atoms with van der Waals surface area (Å²) in [6, 6.07) is 0. The predicted octanol–water partition coefficient (Wildman–Crippen LogP) is 2.40. The van der Waals surface area contributed by atoms with Crippen molar-refractivity contribution in [2.75, 3.05) is 6.67 Å². The van der Waals surface area contributed by atoms with Gasteiger partial charge in [0.15, 0.2) is 0 Å². The SMILES string of the molecule is C/C=C\C(=C/N)CF.CC. The van der Waals surface area contributed by atoms with Gasteiger partial charge < -0.3 is 5.73 Å². The number of hydrogen-bond donors (Lipinski definition) is 1. The molecule has 0 aromatic heterocycles. The summed E-state index contributed by atoms with van der Waals surface area (Å²) in [7, 11) is 0. The van der Waals surface area contributed by atoms with Crippen molar-refractivity contribution in [3.05, 3.63) is 23.9 Å². The van der Waals surface area contributed by atoms with Crippen LogP contribution in [0.25, 0.3) is 0 Å². The Hall–Kier alpha value is -0.790. The molecule has 1 nitrogen and oxygen atoms in total. The summed E-state index contributed by atoms with van der Waals surface area (Å²) in [5, 5.41) is 0. The molecule has 60 valence electrons. The first-order valence-electron chi connectivity index (χ1n) is 3.44. The molecular formula is C8H16FN. The highest BCUT2D eigenvalue weighted by Gasteiger charge is 1.83. The van der Waals surface area contributed by atoms with E-state index in [9.17, 15) is 4.39 Å². The van der Waals surface area contributed by atoms with Crippen molar-refractivity contribution in [1.29, 1.82) is 0 Å². The molecule has 0 unspecified atom stereocenters. The van der Waals surface area contributed by atoms with Crippen molar-refractivity contribution >= 4 is 0 Å². The normalized spacial score (nSPS) is 11.0. The maximum Gasteiger partial charge on any atom is 0.116 e. The monoisotopic (exact) mass is 145 g/mol. The number of nitrogens with two attached hydrogens (primary N) is 1. The first-order chi connectivity index (χ1) is 4.85. The summed E-state index contributed by atoms with van der Waals surface area (Å²) < 4.78 is 11.6. The van der Waals surface area contributed by atoms with Crippen LogP contribution in [0.2, 0.25) is 0 Å². The van der Waals surface area contributed by atoms with E-state index in [0.717, 1.165) is 0 Å². The van der Waals surface area contributed by atoms with Crippen molar-refractivity contribution in [2.24, 2.45) is 5.73 Å². The van der Waals surface area contributed by atoms with Crippen LogP contribution in [0.5, 0.6) is 0 Å². The van der Waals surface area contributed by atoms with Gasteiger partial charge in [0.25, 0.3) is 0 Å². The van der Waals surface area contributed by atoms with Crippen LogP contribution >= 0.6 is 0 Å². The molecule has 0 spiro atoms. The van der Waals surface area contributed by atoms with Crippen LogP contribution in [-0.4, -0.2) is 6.67 Å². The number of hydrogen-bond acceptors (Lipinski definition) is 1. The minimum atomic E-state index is -0.485. The molecule has 0 radical (unpaired) electrons. The summed E-state index contributed by atoms with van der Waals surface area (Å²) in [5.74, 6) is 0. The Labute approximate surface area is 62.4 Å². The van der Waals surface area contributed by atoms with E-state index in [1.807, 2.05) is 20.8 Å². The molecule has 0 bridgehead atoms. The zero-order valence-corrected chi connectivity index (χ0v) is 6.89. The zero-order chi connectivity index (χ0) is 8.41. The van der Waals surface area contributed by atoms with Gasteiger partial charge in [-0.2, -0.15) is 0 Å². The maximum atomic E-state index is 11.6. The number of halogens is 1. The highest BCUT2D eigenvalue weighted by Crippen LogP contribution is 1.93. The van der Waals surface area contributed by atoms with Crippen LogP contribution < -0.4 is 5.73 Å². The van der Waals surface area contributed by atoms with Crippen molar-refractivity contribution in [1.82, 2.24) is 0 Å². The highest BCUT2D eigenvalue weighted by molar-refractivity contribution is 5.16. The molecule has 2 heteroatoms. The minimum absolute atomic E-state index is 0.485. The molecule has 2 N–H and O–H groups in total. The van der Waals surface area contributed by atoms with Gasteiger partial charge in [-0.15, -0.1) is 0 Å². The maximum absolute atomic E-state index is 11.6. The Morgan fingerprint density at radius 1 is 1.50 bits per heavy atom. The Kier molecular flexibility index (Phi) is 13.2. The van der Waals surface area contributed by atoms with Gasteiger partial charge >= 0.3 is 0 Å². The largest absolute Gasteiger partial charge is 0.404 e. The molecule has 0 aliphatic carbocycles. The van der Waals surface area contributed by atoms with Crippen LogP contribution in [0.15, 0.2) is 23.9 Å². The summed E-state index contributed by atoms with van der Waals surface area (Å²) in [6.07, 6.45) is 4.65. The van der Waals surface area contributed by atoms with Gasteiger partial charge in [0.1, 0.15) is 6.67 Å². The third-order valence-electron chi connectivity index (χ3n) is 0.749. The molecular weight excluding hydrogens is 129 g/mol. The molecule has 0 atom stereocenters. The van der Waals surface area contributed by atoms with E-state index in [-0.39, 0.29) is 0 Å². The molecule has 0 heterocycles. The summed E-state index contributed by atoms with van der Waals surface area (Å²) >= 11 is 0. The Morgan fingerprint density at radius 3 is 2.10 bits per heavy atom. The lowest BCUT2D eigenvalue weighted by molar-refractivity contribution is 0.549. The number of allylic oxidation sites excluding steroid dienone is 3. The van der Waals surface area contributed by atoms with E-state index in [1.165, 1.54) is 6.20 Å². The predicted molar refractivity (Wildman–Crippen MR) is 44.4 cm³/mol. The topological polar surface area (TPSA) is 26.0 Å². The molecule has 0 fully saturated rings. The van der Waals surface area contributed by atoms with E-state index in [2.05, 4.69) is 0 Å². The van der Waals surface area contributed by atoms with Crippen LogP contribution in [0.3, 0.4) is 0 Å². The third-order valence-corrected chi connectivity index (χ3v) is 0.749. The van der Waals surface area contributed by atoms with E-state index in [0.29, 0.717) is 5.57 Å². The molecule has 10 heavy (non-hydrogen) atoms. The van der Waals surface area contributed by atoms with E-state index >= 15 is 0 Å². The second kappa shape index (κ2) is 11.1. The van der Waals surface area contributed by atoms with Gasteiger partial charge in [-0.05, 0) is 18.7 Å². The lowest BCUT2D eigenvalue weighted by Gasteiger charge is -1.87. The van der Waals surface area contributed by atoms with E-state index in [4.69, 9.17) is 5.73 Å². The lowest BCUT2D eigenvalue weighted by Crippen LogP contribution is -1.86. The second-order valence-electron chi connectivity index (χ2n) is 1.38. The molecule has 0 saturated carbocycles. The van der Waals surface area contributed by atoms with Gasteiger partial charge in [-0.3, -0.25) is 0 Å². The van der Waals surface area contributed by atoms with Crippen LogP contribution in [0.4, 0.5) is 4.39 Å². The minimum Gasteiger partial charge on any atom is -0.404 e. The van der Waals surface area contributed by atoms with Gasteiger partial charge in [0.05, 0.1) is 0 Å². The summed E-state index contributed by atoms with van der Waals surface area (Å²) in [4.78, 5) is 0. The van der Waals surface area contributed by atoms with Crippen LogP contribution in [-0.2, 0) is 0 Å². The summed E-state index contributed by atoms with van der Waals surface area (Å²) in [6.45, 7) is 5.33. The van der Waals surface area contributed by atoms with E-state index in [1.54, 1.807) is 12.2 Å². The van der Waals surface area contributed by atoms with Gasteiger partial charge in [0, 0.05) is 0 Å². The smallest absolute Gasteiger partial charge is 0.116 e. The fourth-order valence-electron chi connectivity index (χ4n) is 0.359. The third kappa shape index (κ3) is 7.21. The Bertz CT molecular complexity index is 103. The molecule has 0 aromatic rings. The highest BCUT2D eigenvalue weighted by atomic mass is 19.1. The fraction of sp³-hybridized carbons (Fsp3) is 0.500. The molecule has 0 amide bonds. The van der Waals surface area contributed by atoms with Crippen molar-refractivity contribution in [3.8, 4) is 0 Å². The first kappa shape index (κ1) is 11.9. The average Bonchev–Trinajstić information content (AvgIpc) is 2.04. The zero-order valence-electron chi connectivity index (χ0n) is 6.89. The summed E-state index contributed by atoms with van der Waals surface area (Å²) in [5.41, 5.74) is 5.54. The van der Waals surface area contributed by atoms with Crippen molar-refractivity contribution in [2.45, 2.75) is 20.8 Å². The van der Waals surface area contributed by atoms with Gasteiger partial charge in [-0.1, -0.05) is 26.0 Å². The molecule has 0 aromatic carbocycles. The van der Waals surface area contributed by atoms with Crippen LogP contribution in [0.1, 0.15) is 20.8 Å². The molecule has 0 aliphatic rings. The standard InChI is InChI=1S/C6H10FN.C2H6/c1-2-3-6(4-7)5-8;1-2/h2-3,5H,4,8H2,1H3;1-2H3/b3-2-,6-5+;. The average molecular weight is 145 g/mol. The molecule has 0 saturated heterocycles. The number of alkyl halides is 1. The Balaban J connectivity index is 0.